The number of fused-ring (bicyclic) bond motifs is 1. The normalized spacial score (nSPS) is 11.6. The number of halogens is 3. The zero-order chi connectivity index (χ0) is 15.3. The minimum atomic E-state index is -4.20. The van der Waals surface area contributed by atoms with Gasteiger partial charge in [0.1, 0.15) is 5.82 Å². The van der Waals surface area contributed by atoms with E-state index in [-0.39, 0.29) is 24.1 Å². The Labute approximate surface area is 124 Å². The summed E-state index contributed by atoms with van der Waals surface area (Å²) in [5.41, 5.74) is -3.46. The molecule has 2 rings (SSSR count). The molecule has 0 amide bonds. The lowest BCUT2D eigenvalue weighted by atomic mass is 10.2. The van der Waals surface area contributed by atoms with Crippen LogP contribution in [0, 0.1) is 0 Å². The molecule has 0 aliphatic carbocycles. The van der Waals surface area contributed by atoms with Gasteiger partial charge in [0.25, 0.3) is 0 Å². The summed E-state index contributed by atoms with van der Waals surface area (Å²) >= 11 is -0.0489. The lowest BCUT2D eigenvalue weighted by Crippen LogP contribution is -2.12. The van der Waals surface area contributed by atoms with Gasteiger partial charge in [0.2, 0.25) is 5.95 Å². The number of hydrogen-bond donors (Lipinski definition) is 2. The molecule has 2 aromatic rings. The Bertz CT molecular complexity index is 603. The van der Waals surface area contributed by atoms with Crippen molar-refractivity contribution in [2.45, 2.75) is 12.4 Å². The molecule has 0 saturated heterocycles. The molecule has 0 aliphatic heterocycles. The van der Waals surface area contributed by atoms with E-state index in [1.54, 1.807) is 0 Å². The summed E-state index contributed by atoms with van der Waals surface area (Å²) in [6, 6.07) is 7.38. The average molecular weight is 316 g/mol. The predicted octanol–water partition coefficient (Wildman–Crippen LogP) is 3.73. The smallest absolute Gasteiger partial charge is 0.369 e. The van der Waals surface area contributed by atoms with Gasteiger partial charge in [-0.1, -0.05) is 12.1 Å². The van der Waals surface area contributed by atoms with Crippen LogP contribution in [-0.4, -0.2) is 34.3 Å². The first kappa shape index (κ1) is 15.7. The molecule has 0 radical (unpaired) electrons. The van der Waals surface area contributed by atoms with Gasteiger partial charge in [-0.15, -0.1) is 0 Å². The van der Waals surface area contributed by atoms with Gasteiger partial charge in [-0.2, -0.15) is 18.2 Å². The number of para-hydroxylation sites is 1. The SMILES string of the molecule is CCNc1nc(NCCSC(F)(F)F)c2ccccc2n1. The Morgan fingerprint density at radius 3 is 2.62 bits per heavy atom. The van der Waals surface area contributed by atoms with Gasteiger partial charge in [0.05, 0.1) is 5.52 Å². The van der Waals surface area contributed by atoms with E-state index in [2.05, 4.69) is 20.6 Å². The highest BCUT2D eigenvalue weighted by Crippen LogP contribution is 2.30. The molecule has 114 valence electrons. The predicted molar refractivity (Wildman–Crippen MR) is 80.7 cm³/mol. The van der Waals surface area contributed by atoms with Gasteiger partial charge in [0.15, 0.2) is 0 Å². The van der Waals surface area contributed by atoms with E-state index in [9.17, 15) is 13.2 Å². The van der Waals surface area contributed by atoms with Crippen molar-refractivity contribution in [2.24, 2.45) is 0 Å². The molecule has 0 aliphatic rings. The van der Waals surface area contributed by atoms with E-state index >= 15 is 0 Å². The molecule has 1 heterocycles. The molecule has 1 aromatic carbocycles. The summed E-state index contributed by atoms with van der Waals surface area (Å²) < 4.78 is 36.3. The Morgan fingerprint density at radius 2 is 1.90 bits per heavy atom. The van der Waals surface area contributed by atoms with E-state index in [4.69, 9.17) is 0 Å². The second kappa shape index (κ2) is 6.84. The Morgan fingerprint density at radius 1 is 1.14 bits per heavy atom. The maximum Gasteiger partial charge on any atom is 0.441 e. The molecular formula is C13H15F3N4S. The van der Waals surface area contributed by atoms with Crippen molar-refractivity contribution in [2.75, 3.05) is 29.5 Å². The summed E-state index contributed by atoms with van der Waals surface area (Å²) in [7, 11) is 0. The highest BCUT2D eigenvalue weighted by Gasteiger charge is 2.27. The van der Waals surface area contributed by atoms with E-state index in [1.807, 2.05) is 31.2 Å². The fourth-order valence-corrected chi connectivity index (χ4v) is 2.22. The quantitative estimate of drug-likeness (QED) is 0.795. The zero-order valence-corrected chi connectivity index (χ0v) is 12.2. The van der Waals surface area contributed by atoms with Crippen LogP contribution in [0.4, 0.5) is 24.9 Å². The number of rotatable bonds is 6. The van der Waals surface area contributed by atoms with Gasteiger partial charge in [-0.3, -0.25) is 0 Å². The topological polar surface area (TPSA) is 49.8 Å². The Kier molecular flexibility index (Phi) is 5.11. The second-order valence-corrected chi connectivity index (χ2v) is 5.32. The number of hydrogen-bond acceptors (Lipinski definition) is 5. The molecule has 21 heavy (non-hydrogen) atoms. The van der Waals surface area contributed by atoms with Crippen LogP contribution in [0.3, 0.4) is 0 Å². The third kappa shape index (κ3) is 4.66. The fraction of sp³-hybridized carbons (Fsp3) is 0.385. The molecule has 1 aromatic heterocycles. The number of anilines is 2. The average Bonchev–Trinajstić information content (AvgIpc) is 2.43. The van der Waals surface area contributed by atoms with Crippen LogP contribution in [0.25, 0.3) is 10.9 Å². The van der Waals surface area contributed by atoms with Gasteiger partial charge in [-0.05, 0) is 30.8 Å². The van der Waals surface area contributed by atoms with Crippen LogP contribution in [-0.2, 0) is 0 Å². The number of benzene rings is 1. The van der Waals surface area contributed by atoms with Crippen molar-refractivity contribution in [1.29, 1.82) is 0 Å². The maximum atomic E-state index is 12.1. The van der Waals surface area contributed by atoms with E-state index in [0.717, 1.165) is 10.9 Å². The first-order chi connectivity index (χ1) is 9.99. The van der Waals surface area contributed by atoms with Crippen molar-refractivity contribution in [3.05, 3.63) is 24.3 Å². The first-order valence-corrected chi connectivity index (χ1v) is 7.43. The monoisotopic (exact) mass is 316 g/mol. The van der Waals surface area contributed by atoms with Crippen LogP contribution in [0.5, 0.6) is 0 Å². The van der Waals surface area contributed by atoms with Gasteiger partial charge in [0, 0.05) is 24.2 Å². The number of aromatic nitrogens is 2. The third-order valence-corrected chi connectivity index (χ3v) is 3.33. The summed E-state index contributed by atoms with van der Waals surface area (Å²) in [5.74, 6) is 0.930. The molecule has 0 atom stereocenters. The van der Waals surface area contributed by atoms with Crippen molar-refractivity contribution in [1.82, 2.24) is 9.97 Å². The Hall–Kier alpha value is -1.70. The molecule has 0 saturated carbocycles. The van der Waals surface area contributed by atoms with Gasteiger partial charge >= 0.3 is 5.51 Å². The molecule has 0 unspecified atom stereocenters. The standard InChI is InChI=1S/C13H15F3N4S/c1-2-17-12-19-10-6-4-3-5-9(10)11(20-12)18-7-8-21-13(14,15)16/h3-6H,2,7-8H2,1H3,(H2,17,18,19,20). The Balaban J connectivity index is 2.13. The van der Waals surface area contributed by atoms with E-state index in [0.29, 0.717) is 18.3 Å². The van der Waals surface area contributed by atoms with E-state index in [1.165, 1.54) is 0 Å². The van der Waals surface area contributed by atoms with Crippen LogP contribution >= 0.6 is 11.8 Å². The highest BCUT2D eigenvalue weighted by atomic mass is 32.2. The molecular weight excluding hydrogens is 301 g/mol. The summed E-state index contributed by atoms with van der Waals surface area (Å²) in [6.45, 7) is 2.77. The largest absolute Gasteiger partial charge is 0.441 e. The van der Waals surface area contributed by atoms with E-state index < -0.39 is 5.51 Å². The van der Waals surface area contributed by atoms with Crippen LogP contribution in [0.1, 0.15) is 6.92 Å². The molecule has 8 heteroatoms. The molecule has 0 bridgehead atoms. The van der Waals surface area contributed by atoms with Gasteiger partial charge in [-0.25, -0.2) is 4.98 Å². The minimum Gasteiger partial charge on any atom is -0.369 e. The molecule has 0 spiro atoms. The summed E-state index contributed by atoms with van der Waals surface area (Å²) in [4.78, 5) is 8.65. The molecule has 2 N–H and O–H groups in total. The van der Waals surface area contributed by atoms with Crippen molar-refractivity contribution < 1.29 is 13.2 Å². The first-order valence-electron chi connectivity index (χ1n) is 6.45. The maximum absolute atomic E-state index is 12.1. The second-order valence-electron chi connectivity index (χ2n) is 4.16. The molecule has 0 fully saturated rings. The number of nitrogens with zero attached hydrogens (tertiary/aromatic N) is 2. The van der Waals surface area contributed by atoms with Crippen molar-refractivity contribution >= 4 is 34.4 Å². The lowest BCUT2D eigenvalue weighted by Gasteiger charge is -2.11. The number of thioether (sulfide) groups is 1. The van der Waals surface area contributed by atoms with Crippen molar-refractivity contribution in [3.63, 3.8) is 0 Å². The number of alkyl halides is 3. The highest BCUT2D eigenvalue weighted by molar-refractivity contribution is 8.00. The number of nitrogens with one attached hydrogen (secondary N) is 2. The van der Waals surface area contributed by atoms with Crippen LogP contribution in [0.2, 0.25) is 0 Å². The van der Waals surface area contributed by atoms with Crippen LogP contribution < -0.4 is 10.6 Å². The van der Waals surface area contributed by atoms with Crippen LogP contribution in [0.15, 0.2) is 24.3 Å². The molecule has 4 nitrogen and oxygen atoms in total. The lowest BCUT2D eigenvalue weighted by molar-refractivity contribution is -0.0327. The van der Waals surface area contributed by atoms with Crippen molar-refractivity contribution in [3.8, 4) is 0 Å². The zero-order valence-electron chi connectivity index (χ0n) is 11.4. The minimum absolute atomic E-state index is 0.0489. The summed E-state index contributed by atoms with van der Waals surface area (Å²) in [5, 5.41) is 6.74. The third-order valence-electron chi connectivity index (χ3n) is 2.60. The summed E-state index contributed by atoms with van der Waals surface area (Å²) in [6.07, 6.45) is 0. The fourth-order valence-electron chi connectivity index (χ4n) is 1.78. The van der Waals surface area contributed by atoms with Gasteiger partial charge < -0.3 is 10.6 Å².